The van der Waals surface area contributed by atoms with Crippen LogP contribution in [0.2, 0.25) is 0 Å². The first kappa shape index (κ1) is 20.8. The highest BCUT2D eigenvalue weighted by Crippen LogP contribution is 2.41. The van der Waals surface area contributed by atoms with E-state index >= 15 is 0 Å². The molecule has 0 unspecified atom stereocenters. The third kappa shape index (κ3) is 4.35. The van der Waals surface area contributed by atoms with Crippen molar-refractivity contribution >= 4 is 11.6 Å². The third-order valence-electron chi connectivity index (χ3n) is 4.95. The number of benzene rings is 3. The lowest BCUT2D eigenvalue weighted by atomic mass is 10.0. The zero-order chi connectivity index (χ0) is 22.2. The molecule has 0 spiro atoms. The Bertz CT molecular complexity index is 1140. The third-order valence-corrected chi connectivity index (χ3v) is 4.95. The van der Waals surface area contributed by atoms with Crippen molar-refractivity contribution in [3.63, 3.8) is 0 Å². The molecule has 1 N–H and O–H groups in total. The van der Waals surface area contributed by atoms with Crippen LogP contribution in [0.15, 0.2) is 54.6 Å². The lowest BCUT2D eigenvalue weighted by Crippen LogP contribution is -2.24. The molecule has 0 atom stereocenters. The summed E-state index contributed by atoms with van der Waals surface area (Å²) in [7, 11) is 0. The highest BCUT2D eigenvalue weighted by Gasteiger charge is 2.32. The Morgan fingerprint density at radius 3 is 2.52 bits per heavy atom. The quantitative estimate of drug-likeness (QED) is 0.536. The van der Waals surface area contributed by atoms with Crippen LogP contribution in [0.3, 0.4) is 0 Å². The normalized spacial score (nSPS) is 14.0. The minimum absolute atomic E-state index is 0.235. The second-order valence-corrected chi connectivity index (χ2v) is 7.95. The molecule has 0 aromatic heterocycles. The average molecular weight is 427 g/mol. The number of carbonyl (C=O) groups is 1. The van der Waals surface area contributed by atoms with Crippen molar-refractivity contribution in [3.8, 4) is 11.5 Å². The molecule has 4 rings (SSSR count). The molecule has 3 aromatic carbocycles. The predicted molar refractivity (Wildman–Crippen MR) is 110 cm³/mol. The van der Waals surface area contributed by atoms with E-state index < -0.39 is 29.0 Å². The Balaban J connectivity index is 1.41. The van der Waals surface area contributed by atoms with Gasteiger partial charge in [-0.2, -0.15) is 0 Å². The molecule has 3 aromatic rings. The van der Waals surface area contributed by atoms with Gasteiger partial charge in [0.1, 0.15) is 12.2 Å². The number of rotatable bonds is 5. The largest absolute Gasteiger partial charge is 0.485 e. The molecule has 31 heavy (non-hydrogen) atoms. The maximum atomic E-state index is 13.8. The van der Waals surface area contributed by atoms with E-state index in [1.54, 1.807) is 24.3 Å². The molecular weight excluding hydrogens is 407 g/mol. The van der Waals surface area contributed by atoms with Crippen molar-refractivity contribution in [3.05, 3.63) is 88.7 Å². The van der Waals surface area contributed by atoms with Crippen molar-refractivity contribution in [1.29, 1.82) is 0 Å². The first-order valence-electron chi connectivity index (χ1n) is 9.71. The van der Waals surface area contributed by atoms with Gasteiger partial charge in [0.05, 0.1) is 5.69 Å². The summed E-state index contributed by atoms with van der Waals surface area (Å²) in [4.78, 5) is 12.3. The number of hydrogen-bond donors (Lipinski definition) is 1. The molecule has 0 saturated heterocycles. The zero-order valence-corrected chi connectivity index (χ0v) is 17.0. The minimum Gasteiger partial charge on any atom is -0.485 e. The van der Waals surface area contributed by atoms with Crippen LogP contribution in [0.5, 0.6) is 11.5 Å². The smallest absolute Gasteiger partial charge is 0.255 e. The lowest BCUT2D eigenvalue weighted by molar-refractivity contribution is 0.102. The van der Waals surface area contributed by atoms with Gasteiger partial charge in [-0.3, -0.25) is 4.79 Å². The summed E-state index contributed by atoms with van der Waals surface area (Å²) in [5.41, 5.74) is 1.43. The van der Waals surface area contributed by atoms with Crippen molar-refractivity contribution in [2.45, 2.75) is 32.5 Å². The zero-order valence-electron chi connectivity index (χ0n) is 17.0. The van der Waals surface area contributed by atoms with E-state index in [9.17, 15) is 18.0 Å². The fraction of sp³-hybridized carbons (Fsp3) is 0.208. The summed E-state index contributed by atoms with van der Waals surface area (Å²) < 4.78 is 52.0. The molecule has 1 aliphatic heterocycles. The lowest BCUT2D eigenvalue weighted by Gasteiger charge is -2.18. The van der Waals surface area contributed by atoms with Crippen LogP contribution < -0.4 is 14.8 Å². The molecule has 4 nitrogen and oxygen atoms in total. The van der Waals surface area contributed by atoms with Crippen molar-refractivity contribution < 1.29 is 27.4 Å². The van der Waals surface area contributed by atoms with Gasteiger partial charge in [-0.15, -0.1) is 0 Å². The molecule has 0 fully saturated rings. The standard InChI is InChI=1S/C24H20F3NO3/c1-24(2)12-16-4-3-5-19(22(16)31-24)30-13-14-6-8-15(9-7-14)23(29)28-18-11-10-17(25)20(26)21(18)27/h3-11H,12-13H2,1-2H3,(H,28,29). The second kappa shape index (κ2) is 7.98. The van der Waals surface area contributed by atoms with Crippen LogP contribution in [0, 0.1) is 17.5 Å². The van der Waals surface area contributed by atoms with E-state index in [0.29, 0.717) is 5.75 Å². The molecule has 0 aliphatic carbocycles. The number of fused-ring (bicyclic) bond motifs is 1. The number of nitrogens with one attached hydrogen (secondary N) is 1. The van der Waals surface area contributed by atoms with Crippen LogP contribution in [0.1, 0.15) is 35.3 Å². The monoisotopic (exact) mass is 427 g/mol. The summed E-state index contributed by atoms with van der Waals surface area (Å²) in [6, 6.07) is 14.0. The summed E-state index contributed by atoms with van der Waals surface area (Å²) in [6.45, 7) is 4.30. The maximum absolute atomic E-state index is 13.8. The van der Waals surface area contributed by atoms with Gasteiger partial charge in [0.15, 0.2) is 29.0 Å². The number of ether oxygens (including phenoxy) is 2. The average Bonchev–Trinajstić information content (AvgIpc) is 3.07. The summed E-state index contributed by atoms with van der Waals surface area (Å²) in [6.07, 6.45) is 0.807. The number of carbonyl (C=O) groups excluding carboxylic acids is 1. The number of anilines is 1. The fourth-order valence-corrected chi connectivity index (χ4v) is 3.43. The molecule has 0 saturated carbocycles. The Labute approximate surface area is 177 Å². The fourth-order valence-electron chi connectivity index (χ4n) is 3.43. The highest BCUT2D eigenvalue weighted by molar-refractivity contribution is 6.04. The van der Waals surface area contributed by atoms with E-state index in [4.69, 9.17) is 9.47 Å². The maximum Gasteiger partial charge on any atom is 0.255 e. The highest BCUT2D eigenvalue weighted by atomic mass is 19.2. The molecule has 7 heteroatoms. The van der Waals surface area contributed by atoms with E-state index in [1.807, 2.05) is 32.0 Å². The van der Waals surface area contributed by atoms with Crippen LogP contribution in [-0.4, -0.2) is 11.5 Å². The summed E-state index contributed by atoms with van der Waals surface area (Å²) in [5.74, 6) is -3.65. The number of amides is 1. The van der Waals surface area contributed by atoms with Gasteiger partial charge in [0.2, 0.25) is 0 Å². The Morgan fingerprint density at radius 1 is 1.03 bits per heavy atom. The first-order valence-corrected chi connectivity index (χ1v) is 9.71. The Morgan fingerprint density at radius 2 is 1.77 bits per heavy atom. The van der Waals surface area contributed by atoms with E-state index in [2.05, 4.69) is 5.32 Å². The molecule has 1 heterocycles. The van der Waals surface area contributed by atoms with Gasteiger partial charge in [-0.25, -0.2) is 13.2 Å². The van der Waals surface area contributed by atoms with Crippen molar-refractivity contribution in [2.75, 3.05) is 5.32 Å². The second-order valence-electron chi connectivity index (χ2n) is 7.95. The molecule has 160 valence electrons. The van der Waals surface area contributed by atoms with E-state index in [0.717, 1.165) is 35.4 Å². The molecular formula is C24H20F3NO3. The molecule has 0 bridgehead atoms. The SMILES string of the molecule is CC1(C)Cc2cccc(OCc3ccc(C(=O)Nc4ccc(F)c(F)c4F)cc3)c2O1. The minimum atomic E-state index is -1.63. The van der Waals surface area contributed by atoms with Crippen LogP contribution in [0.4, 0.5) is 18.9 Å². The number of para-hydroxylation sites is 1. The van der Waals surface area contributed by atoms with Gasteiger partial charge >= 0.3 is 0 Å². The predicted octanol–water partition coefficient (Wildman–Crippen LogP) is 5.65. The van der Waals surface area contributed by atoms with Gasteiger partial charge in [0.25, 0.3) is 5.91 Å². The van der Waals surface area contributed by atoms with Crippen molar-refractivity contribution in [2.24, 2.45) is 0 Å². The Kier molecular flexibility index (Phi) is 5.35. The van der Waals surface area contributed by atoms with E-state index in [-0.39, 0.29) is 17.8 Å². The number of halogens is 3. The van der Waals surface area contributed by atoms with Crippen molar-refractivity contribution in [1.82, 2.24) is 0 Å². The number of hydrogen-bond acceptors (Lipinski definition) is 3. The molecule has 1 aliphatic rings. The van der Waals surface area contributed by atoms with Crippen LogP contribution in [0.25, 0.3) is 0 Å². The van der Waals surface area contributed by atoms with Gasteiger partial charge in [-0.05, 0) is 49.7 Å². The summed E-state index contributed by atoms with van der Waals surface area (Å²) in [5, 5.41) is 2.24. The summed E-state index contributed by atoms with van der Waals surface area (Å²) >= 11 is 0. The van der Waals surface area contributed by atoms with Crippen LogP contribution >= 0.6 is 0 Å². The van der Waals surface area contributed by atoms with Gasteiger partial charge < -0.3 is 14.8 Å². The topological polar surface area (TPSA) is 47.6 Å². The molecule has 0 radical (unpaired) electrons. The van der Waals surface area contributed by atoms with E-state index in [1.165, 1.54) is 0 Å². The van der Waals surface area contributed by atoms with Gasteiger partial charge in [0, 0.05) is 17.5 Å². The van der Waals surface area contributed by atoms with Gasteiger partial charge in [-0.1, -0.05) is 24.3 Å². The van der Waals surface area contributed by atoms with Crippen LogP contribution in [-0.2, 0) is 13.0 Å². The Hall–Kier alpha value is -3.48. The first-order chi connectivity index (χ1) is 14.7. The molecule has 1 amide bonds.